The molecule has 0 bridgehead atoms. The van der Waals surface area contributed by atoms with Gasteiger partial charge in [-0.25, -0.2) is 0 Å². The van der Waals surface area contributed by atoms with Crippen LogP contribution in [0.25, 0.3) is 0 Å². The van der Waals surface area contributed by atoms with E-state index in [1.54, 1.807) is 18.2 Å². The SMILES string of the molecule is CCN(CC(=O)Nc1ccc2c(c1)OCCO2)C(=O)c1ccc(C(C)(C)C)cc1. The molecule has 1 aliphatic rings. The summed E-state index contributed by atoms with van der Waals surface area (Å²) in [6, 6.07) is 12.8. The summed E-state index contributed by atoms with van der Waals surface area (Å²) in [6.07, 6.45) is 0. The maximum atomic E-state index is 12.8. The standard InChI is InChI=1S/C23H28N2O4/c1-5-25(22(27)16-6-8-17(9-7-16)23(2,3)4)15-21(26)24-18-10-11-19-20(14-18)29-13-12-28-19/h6-11,14H,5,12-13,15H2,1-4H3,(H,24,26). The van der Waals surface area contributed by atoms with E-state index in [-0.39, 0.29) is 23.8 Å². The Bertz CT molecular complexity index is 885. The van der Waals surface area contributed by atoms with Gasteiger partial charge in [-0.2, -0.15) is 0 Å². The molecule has 6 nitrogen and oxygen atoms in total. The Kier molecular flexibility index (Phi) is 6.11. The van der Waals surface area contributed by atoms with E-state index >= 15 is 0 Å². The topological polar surface area (TPSA) is 67.9 Å². The molecule has 0 saturated heterocycles. The Labute approximate surface area is 171 Å². The van der Waals surface area contributed by atoms with Gasteiger partial charge in [0.1, 0.15) is 19.8 Å². The van der Waals surface area contributed by atoms with E-state index in [9.17, 15) is 9.59 Å². The molecule has 2 aromatic carbocycles. The lowest BCUT2D eigenvalue weighted by atomic mass is 9.86. The fourth-order valence-electron chi connectivity index (χ4n) is 3.12. The van der Waals surface area contributed by atoms with E-state index in [0.717, 1.165) is 5.56 Å². The molecule has 6 heteroatoms. The molecule has 0 aromatic heterocycles. The molecule has 0 spiro atoms. The first-order valence-electron chi connectivity index (χ1n) is 9.87. The lowest BCUT2D eigenvalue weighted by Gasteiger charge is -2.22. The van der Waals surface area contributed by atoms with E-state index in [0.29, 0.717) is 42.5 Å². The Hall–Kier alpha value is -3.02. The monoisotopic (exact) mass is 396 g/mol. The van der Waals surface area contributed by atoms with E-state index < -0.39 is 0 Å². The first kappa shape index (κ1) is 20.7. The summed E-state index contributed by atoms with van der Waals surface area (Å²) >= 11 is 0. The van der Waals surface area contributed by atoms with Crippen molar-refractivity contribution in [2.75, 3.05) is 31.6 Å². The van der Waals surface area contributed by atoms with Gasteiger partial charge in [-0.3, -0.25) is 9.59 Å². The molecule has 1 aliphatic heterocycles. The number of amides is 2. The molecule has 1 heterocycles. The quantitative estimate of drug-likeness (QED) is 0.833. The van der Waals surface area contributed by atoms with Crippen LogP contribution in [0.3, 0.4) is 0 Å². The molecule has 0 aliphatic carbocycles. The Balaban J connectivity index is 1.64. The van der Waals surface area contributed by atoms with Crippen molar-refractivity contribution in [2.24, 2.45) is 0 Å². The summed E-state index contributed by atoms with van der Waals surface area (Å²) in [7, 11) is 0. The number of hydrogen-bond donors (Lipinski definition) is 1. The lowest BCUT2D eigenvalue weighted by molar-refractivity contribution is -0.116. The van der Waals surface area contributed by atoms with Crippen LogP contribution < -0.4 is 14.8 Å². The van der Waals surface area contributed by atoms with Gasteiger partial charge >= 0.3 is 0 Å². The second-order valence-corrected chi connectivity index (χ2v) is 8.05. The molecule has 0 radical (unpaired) electrons. The fourth-order valence-corrected chi connectivity index (χ4v) is 3.12. The highest BCUT2D eigenvalue weighted by Gasteiger charge is 2.20. The molecule has 0 saturated carbocycles. The molecule has 0 atom stereocenters. The van der Waals surface area contributed by atoms with Gasteiger partial charge in [-0.15, -0.1) is 0 Å². The zero-order valence-corrected chi connectivity index (χ0v) is 17.5. The van der Waals surface area contributed by atoms with E-state index in [1.165, 1.54) is 4.90 Å². The largest absolute Gasteiger partial charge is 0.486 e. The third-order valence-corrected chi connectivity index (χ3v) is 4.83. The first-order chi connectivity index (χ1) is 13.8. The lowest BCUT2D eigenvalue weighted by Crippen LogP contribution is -2.37. The third kappa shape index (κ3) is 5.08. The van der Waals surface area contributed by atoms with Crippen LogP contribution >= 0.6 is 0 Å². The summed E-state index contributed by atoms with van der Waals surface area (Å²) < 4.78 is 11.0. The molecule has 1 N–H and O–H groups in total. The molecule has 0 unspecified atom stereocenters. The van der Waals surface area contributed by atoms with Crippen molar-refractivity contribution >= 4 is 17.5 Å². The minimum Gasteiger partial charge on any atom is -0.486 e. The average Bonchev–Trinajstić information content (AvgIpc) is 2.71. The van der Waals surface area contributed by atoms with Gasteiger partial charge in [0, 0.05) is 23.9 Å². The number of nitrogens with zero attached hydrogens (tertiary/aromatic N) is 1. The average molecular weight is 396 g/mol. The second kappa shape index (κ2) is 8.55. The minimum atomic E-state index is -0.261. The van der Waals surface area contributed by atoms with Gasteiger partial charge < -0.3 is 19.7 Å². The van der Waals surface area contributed by atoms with E-state index in [2.05, 4.69) is 26.1 Å². The normalized spacial score (nSPS) is 13.0. The number of rotatable bonds is 5. The molecule has 29 heavy (non-hydrogen) atoms. The molecule has 0 fully saturated rings. The van der Waals surface area contributed by atoms with E-state index in [4.69, 9.17) is 9.47 Å². The number of likely N-dealkylation sites (N-methyl/N-ethyl adjacent to an activating group) is 1. The van der Waals surface area contributed by atoms with Gasteiger partial charge in [-0.05, 0) is 42.2 Å². The minimum absolute atomic E-state index is 0.0230. The number of carbonyl (C=O) groups excluding carboxylic acids is 2. The van der Waals surface area contributed by atoms with Crippen LogP contribution in [0.4, 0.5) is 5.69 Å². The van der Waals surface area contributed by atoms with Crippen molar-refractivity contribution < 1.29 is 19.1 Å². The second-order valence-electron chi connectivity index (χ2n) is 8.05. The molecular weight excluding hydrogens is 368 g/mol. The highest BCUT2D eigenvalue weighted by Crippen LogP contribution is 2.32. The van der Waals surface area contributed by atoms with E-state index in [1.807, 2.05) is 31.2 Å². The van der Waals surface area contributed by atoms with Crippen LogP contribution in [0.5, 0.6) is 11.5 Å². The summed E-state index contributed by atoms with van der Waals surface area (Å²) in [5.74, 6) is 0.850. The maximum Gasteiger partial charge on any atom is 0.254 e. The number of hydrogen-bond acceptors (Lipinski definition) is 4. The zero-order chi connectivity index (χ0) is 21.0. The van der Waals surface area contributed by atoms with Crippen LogP contribution in [0.2, 0.25) is 0 Å². The van der Waals surface area contributed by atoms with Crippen LogP contribution in [0.1, 0.15) is 43.6 Å². The summed E-state index contributed by atoms with van der Waals surface area (Å²) in [6.45, 7) is 9.66. The number of fused-ring (bicyclic) bond motifs is 1. The van der Waals surface area contributed by atoms with Crippen LogP contribution in [-0.2, 0) is 10.2 Å². The van der Waals surface area contributed by atoms with Gasteiger partial charge in [-0.1, -0.05) is 32.9 Å². The number of nitrogens with one attached hydrogen (secondary N) is 1. The zero-order valence-electron chi connectivity index (χ0n) is 17.5. The highest BCUT2D eigenvalue weighted by molar-refractivity contribution is 5.99. The molecular formula is C23H28N2O4. The number of ether oxygens (including phenoxy) is 2. The Morgan fingerprint density at radius 3 is 2.28 bits per heavy atom. The van der Waals surface area contributed by atoms with Gasteiger partial charge in [0.15, 0.2) is 11.5 Å². The smallest absolute Gasteiger partial charge is 0.254 e. The molecule has 154 valence electrons. The first-order valence-corrected chi connectivity index (χ1v) is 9.87. The summed E-state index contributed by atoms with van der Waals surface area (Å²) in [5, 5.41) is 2.82. The summed E-state index contributed by atoms with van der Waals surface area (Å²) in [5.41, 5.74) is 2.37. The van der Waals surface area contributed by atoms with Gasteiger partial charge in [0.25, 0.3) is 5.91 Å². The van der Waals surface area contributed by atoms with Crippen LogP contribution in [0, 0.1) is 0 Å². The van der Waals surface area contributed by atoms with Gasteiger partial charge in [0.2, 0.25) is 5.91 Å². The predicted octanol–water partition coefficient (Wildman–Crippen LogP) is 3.86. The maximum absolute atomic E-state index is 12.8. The van der Waals surface area contributed by atoms with Crippen LogP contribution in [-0.4, -0.2) is 43.0 Å². The predicted molar refractivity (Wildman–Crippen MR) is 113 cm³/mol. The van der Waals surface area contributed by atoms with Crippen molar-refractivity contribution in [1.29, 1.82) is 0 Å². The molecule has 3 rings (SSSR count). The fraction of sp³-hybridized carbons (Fsp3) is 0.391. The van der Waals surface area contributed by atoms with Gasteiger partial charge in [0.05, 0.1) is 0 Å². The van der Waals surface area contributed by atoms with Crippen molar-refractivity contribution in [1.82, 2.24) is 4.90 Å². The number of benzene rings is 2. The molecule has 2 amide bonds. The van der Waals surface area contributed by atoms with Crippen molar-refractivity contribution in [2.45, 2.75) is 33.1 Å². The van der Waals surface area contributed by atoms with Crippen LogP contribution in [0.15, 0.2) is 42.5 Å². The number of carbonyl (C=O) groups is 2. The third-order valence-electron chi connectivity index (χ3n) is 4.83. The van der Waals surface area contributed by atoms with Crippen molar-refractivity contribution in [3.8, 4) is 11.5 Å². The molecule has 2 aromatic rings. The van der Waals surface area contributed by atoms with Crippen molar-refractivity contribution in [3.05, 3.63) is 53.6 Å². The Morgan fingerprint density at radius 1 is 1.00 bits per heavy atom. The van der Waals surface area contributed by atoms with Crippen molar-refractivity contribution in [3.63, 3.8) is 0 Å². The Morgan fingerprint density at radius 2 is 1.66 bits per heavy atom. The summed E-state index contributed by atoms with van der Waals surface area (Å²) in [4.78, 5) is 26.8. The number of anilines is 1. The highest BCUT2D eigenvalue weighted by atomic mass is 16.6.